The van der Waals surface area contributed by atoms with Gasteiger partial charge in [-0.1, -0.05) is 48.5 Å². The van der Waals surface area contributed by atoms with E-state index in [-0.39, 0.29) is 18.1 Å². The van der Waals surface area contributed by atoms with Crippen LogP contribution in [0.5, 0.6) is 5.75 Å². The van der Waals surface area contributed by atoms with Gasteiger partial charge < -0.3 is 10.1 Å². The van der Waals surface area contributed by atoms with E-state index in [1.807, 2.05) is 31.2 Å². The van der Waals surface area contributed by atoms with Gasteiger partial charge in [0.25, 0.3) is 5.91 Å². The number of carbonyl (C=O) groups is 1. The third-order valence-corrected chi connectivity index (χ3v) is 5.21. The van der Waals surface area contributed by atoms with Crippen LogP contribution in [0.2, 0.25) is 0 Å². The summed E-state index contributed by atoms with van der Waals surface area (Å²) < 4.78 is 17.7. The minimum Gasteiger partial charge on any atom is -0.491 e. The van der Waals surface area contributed by atoms with E-state index in [9.17, 15) is 9.18 Å². The molecule has 3 nitrogen and oxygen atoms in total. The number of benzene rings is 3. The lowest BCUT2D eigenvalue weighted by Gasteiger charge is -2.21. The molecule has 0 aliphatic heterocycles. The summed E-state index contributed by atoms with van der Waals surface area (Å²) in [4.78, 5) is 13.0. The van der Waals surface area contributed by atoms with Crippen LogP contribution in [0.25, 0.3) is 10.8 Å². The molecule has 4 heteroatoms. The minimum atomic E-state index is -0.556. The van der Waals surface area contributed by atoms with Crippen molar-refractivity contribution in [3.63, 3.8) is 0 Å². The summed E-state index contributed by atoms with van der Waals surface area (Å²) in [7, 11) is 0. The maximum absolute atomic E-state index is 13.0. The third-order valence-electron chi connectivity index (χ3n) is 5.21. The number of aryl methyl sites for hydroxylation is 1. The van der Waals surface area contributed by atoms with Crippen LogP contribution < -0.4 is 10.1 Å². The molecule has 1 aliphatic rings. The number of hydrogen-bond donors (Lipinski definition) is 1. The number of halogens is 1. The second kappa shape index (κ2) is 7.03. The van der Waals surface area contributed by atoms with Gasteiger partial charge in [0.15, 0.2) is 0 Å². The lowest BCUT2D eigenvalue weighted by atomic mass is 9.96. The van der Waals surface area contributed by atoms with Crippen LogP contribution >= 0.6 is 0 Å². The molecule has 4 rings (SSSR count). The molecule has 1 fully saturated rings. The van der Waals surface area contributed by atoms with E-state index in [1.54, 1.807) is 12.1 Å². The first-order valence-electron chi connectivity index (χ1n) is 9.23. The molecular weight excluding hydrogens is 341 g/mol. The zero-order chi connectivity index (χ0) is 18.9. The Morgan fingerprint density at radius 1 is 1.11 bits per heavy atom. The van der Waals surface area contributed by atoms with Crippen LogP contribution in [0.3, 0.4) is 0 Å². The Morgan fingerprint density at radius 2 is 1.89 bits per heavy atom. The van der Waals surface area contributed by atoms with Gasteiger partial charge in [-0.3, -0.25) is 4.79 Å². The fourth-order valence-electron chi connectivity index (χ4n) is 3.61. The SMILES string of the molecule is Cc1ccc(OCCF)cc1C(=O)NC1(c2cccc3ccccc23)CC1. The fourth-order valence-corrected chi connectivity index (χ4v) is 3.61. The van der Waals surface area contributed by atoms with Crippen LogP contribution in [0, 0.1) is 6.92 Å². The number of alkyl halides is 1. The standard InChI is InChI=1S/C23H22FNO2/c1-16-9-10-18(27-14-13-24)15-20(16)22(26)25-23(11-12-23)21-8-4-6-17-5-2-3-7-19(17)21/h2-10,15H,11-14H2,1H3,(H,25,26). The molecule has 1 saturated carbocycles. The van der Waals surface area contributed by atoms with Crippen molar-refractivity contribution < 1.29 is 13.9 Å². The van der Waals surface area contributed by atoms with Crippen molar-refractivity contribution >= 4 is 16.7 Å². The van der Waals surface area contributed by atoms with E-state index in [0.29, 0.717) is 11.3 Å². The highest BCUT2D eigenvalue weighted by molar-refractivity contribution is 5.97. The van der Waals surface area contributed by atoms with E-state index in [0.717, 1.165) is 24.0 Å². The molecule has 1 aliphatic carbocycles. The molecule has 3 aromatic rings. The van der Waals surface area contributed by atoms with Gasteiger partial charge >= 0.3 is 0 Å². The number of hydrogen-bond acceptors (Lipinski definition) is 2. The fraction of sp³-hybridized carbons (Fsp3) is 0.261. The second-order valence-corrected chi connectivity index (χ2v) is 7.08. The van der Waals surface area contributed by atoms with Crippen molar-refractivity contribution in [1.29, 1.82) is 0 Å². The Bertz CT molecular complexity index is 989. The first-order valence-corrected chi connectivity index (χ1v) is 9.23. The number of ether oxygens (including phenoxy) is 1. The van der Waals surface area contributed by atoms with Gasteiger partial charge in [-0.15, -0.1) is 0 Å². The first kappa shape index (κ1) is 17.5. The normalized spacial score (nSPS) is 14.7. The topological polar surface area (TPSA) is 38.3 Å². The molecule has 3 aromatic carbocycles. The Hall–Kier alpha value is -2.88. The highest BCUT2D eigenvalue weighted by Crippen LogP contribution is 2.48. The summed E-state index contributed by atoms with van der Waals surface area (Å²) in [5.41, 5.74) is 2.28. The maximum atomic E-state index is 13.0. The van der Waals surface area contributed by atoms with Gasteiger partial charge in [-0.25, -0.2) is 4.39 Å². The number of rotatable bonds is 6. The molecule has 0 heterocycles. The summed E-state index contributed by atoms with van der Waals surface area (Å²) in [5, 5.41) is 5.60. The van der Waals surface area contributed by atoms with E-state index >= 15 is 0 Å². The summed E-state index contributed by atoms with van der Waals surface area (Å²) in [5.74, 6) is 0.391. The first-order chi connectivity index (χ1) is 13.1. The van der Waals surface area contributed by atoms with Crippen LogP contribution in [-0.4, -0.2) is 19.2 Å². The maximum Gasteiger partial charge on any atom is 0.252 e. The van der Waals surface area contributed by atoms with E-state index < -0.39 is 6.67 Å². The average molecular weight is 363 g/mol. The predicted octanol–water partition coefficient (Wildman–Crippen LogP) is 4.92. The van der Waals surface area contributed by atoms with Crippen molar-refractivity contribution in [3.8, 4) is 5.75 Å². The number of nitrogens with one attached hydrogen (secondary N) is 1. The van der Waals surface area contributed by atoms with Crippen molar-refractivity contribution in [2.45, 2.75) is 25.3 Å². The molecule has 0 atom stereocenters. The smallest absolute Gasteiger partial charge is 0.252 e. The summed E-state index contributed by atoms with van der Waals surface area (Å²) >= 11 is 0. The van der Waals surface area contributed by atoms with Gasteiger partial charge in [-0.2, -0.15) is 0 Å². The monoisotopic (exact) mass is 363 g/mol. The predicted molar refractivity (Wildman–Crippen MR) is 105 cm³/mol. The number of amides is 1. The van der Waals surface area contributed by atoms with Gasteiger partial charge in [0.2, 0.25) is 0 Å². The van der Waals surface area contributed by atoms with Crippen LogP contribution in [0.4, 0.5) is 4.39 Å². The molecule has 1 N–H and O–H groups in total. The van der Waals surface area contributed by atoms with Crippen molar-refractivity contribution in [1.82, 2.24) is 5.32 Å². The highest BCUT2D eigenvalue weighted by atomic mass is 19.1. The third kappa shape index (κ3) is 3.39. The zero-order valence-electron chi connectivity index (χ0n) is 15.3. The lowest BCUT2D eigenvalue weighted by molar-refractivity contribution is 0.0930. The molecule has 138 valence electrons. The average Bonchev–Trinajstić information content (AvgIpc) is 3.47. The van der Waals surface area contributed by atoms with E-state index in [2.05, 4.69) is 29.6 Å². The molecule has 0 bridgehead atoms. The highest BCUT2D eigenvalue weighted by Gasteiger charge is 2.46. The second-order valence-electron chi connectivity index (χ2n) is 7.08. The molecule has 0 radical (unpaired) electrons. The number of carbonyl (C=O) groups excluding carboxylic acids is 1. The Labute approximate surface area is 158 Å². The van der Waals surface area contributed by atoms with Crippen LogP contribution in [0.1, 0.15) is 34.3 Å². The largest absolute Gasteiger partial charge is 0.491 e. The molecule has 0 unspecified atom stereocenters. The molecule has 0 aromatic heterocycles. The molecule has 27 heavy (non-hydrogen) atoms. The van der Waals surface area contributed by atoms with Gasteiger partial charge in [-0.05, 0) is 53.8 Å². The van der Waals surface area contributed by atoms with Gasteiger partial charge in [0.05, 0.1) is 5.54 Å². The molecular formula is C23H22FNO2. The zero-order valence-corrected chi connectivity index (χ0v) is 15.3. The van der Waals surface area contributed by atoms with Gasteiger partial charge in [0.1, 0.15) is 19.0 Å². The number of fused-ring (bicyclic) bond motifs is 1. The Balaban J connectivity index is 1.63. The lowest BCUT2D eigenvalue weighted by Crippen LogP contribution is -2.35. The Kier molecular flexibility index (Phi) is 4.56. The summed E-state index contributed by atoms with van der Waals surface area (Å²) in [6.45, 7) is 1.33. The quantitative estimate of drug-likeness (QED) is 0.675. The molecule has 1 amide bonds. The van der Waals surface area contributed by atoms with Crippen LogP contribution in [0.15, 0.2) is 60.7 Å². The van der Waals surface area contributed by atoms with Crippen molar-refractivity contribution in [2.75, 3.05) is 13.3 Å². The van der Waals surface area contributed by atoms with Gasteiger partial charge in [0, 0.05) is 5.56 Å². The summed E-state index contributed by atoms with van der Waals surface area (Å²) in [6.07, 6.45) is 1.84. The van der Waals surface area contributed by atoms with Crippen molar-refractivity contribution in [2.24, 2.45) is 0 Å². The molecule has 0 saturated heterocycles. The van der Waals surface area contributed by atoms with Crippen LogP contribution in [-0.2, 0) is 5.54 Å². The van der Waals surface area contributed by atoms with E-state index in [1.165, 1.54) is 10.8 Å². The van der Waals surface area contributed by atoms with E-state index in [4.69, 9.17) is 4.74 Å². The minimum absolute atomic E-state index is 0.00986. The Morgan fingerprint density at radius 3 is 2.67 bits per heavy atom. The molecule has 0 spiro atoms. The summed E-state index contributed by atoms with van der Waals surface area (Å²) in [6, 6.07) is 19.8. The van der Waals surface area contributed by atoms with Crippen molar-refractivity contribution in [3.05, 3.63) is 77.4 Å².